The number of allylic oxidation sites excluding steroid dienone is 4. The number of ketones is 2. The van der Waals surface area contributed by atoms with E-state index in [1.165, 1.54) is 18.1 Å². The SMILES string of the molecule is CC(=O)O[C@]1(C(=O)C(Br)Br)CC[C@H]2[C@@H]3CCC4=CC(=O)CC[C@]4(C)C3=CC[C@@]21C. The summed E-state index contributed by atoms with van der Waals surface area (Å²) in [5.41, 5.74) is 1.16. The smallest absolute Gasteiger partial charge is 0.303 e. The predicted molar refractivity (Wildman–Crippen MR) is 118 cm³/mol. The highest BCUT2D eigenvalue weighted by molar-refractivity contribution is 9.25. The quantitative estimate of drug-likeness (QED) is 0.279. The van der Waals surface area contributed by atoms with Crippen molar-refractivity contribution in [3.8, 4) is 0 Å². The largest absolute Gasteiger partial charge is 0.451 e. The Hall–Kier alpha value is -0.750. The Morgan fingerprint density at radius 1 is 1.17 bits per heavy atom. The summed E-state index contributed by atoms with van der Waals surface area (Å²) in [6.07, 6.45) is 9.77. The summed E-state index contributed by atoms with van der Waals surface area (Å²) in [5, 5.41) is 0. The molecule has 0 spiro atoms. The second-order valence-corrected chi connectivity index (χ2v) is 12.7. The molecule has 0 aromatic heterocycles. The van der Waals surface area contributed by atoms with E-state index >= 15 is 0 Å². The molecule has 4 rings (SSSR count). The molecule has 0 unspecified atom stereocenters. The molecule has 4 aliphatic rings. The summed E-state index contributed by atoms with van der Waals surface area (Å²) >= 11 is 6.73. The first-order valence-corrected chi connectivity index (χ1v) is 12.3. The van der Waals surface area contributed by atoms with E-state index in [0.717, 1.165) is 25.7 Å². The number of carbonyl (C=O) groups is 3. The molecule has 2 saturated carbocycles. The molecular weight excluding hydrogens is 500 g/mol. The van der Waals surface area contributed by atoms with Gasteiger partial charge in [0, 0.05) is 24.2 Å². The number of hydrogen-bond donors (Lipinski definition) is 0. The molecule has 0 heterocycles. The lowest BCUT2D eigenvalue weighted by molar-refractivity contribution is -0.180. The van der Waals surface area contributed by atoms with Crippen molar-refractivity contribution in [2.75, 3.05) is 0 Å². The van der Waals surface area contributed by atoms with Crippen LogP contribution in [0.1, 0.15) is 65.7 Å². The van der Waals surface area contributed by atoms with Crippen LogP contribution in [0.5, 0.6) is 0 Å². The van der Waals surface area contributed by atoms with Crippen LogP contribution >= 0.6 is 31.9 Å². The number of esters is 1. The molecule has 0 radical (unpaired) electrons. The maximum atomic E-state index is 13.3. The number of Topliss-reactive ketones (excluding diaryl/α,β-unsaturated/α-hetero) is 1. The lowest BCUT2D eigenvalue weighted by Gasteiger charge is -2.55. The fourth-order valence-corrected chi connectivity index (χ4v) is 7.64. The zero-order valence-corrected chi connectivity index (χ0v) is 20.4. The Kier molecular flexibility index (Phi) is 5.30. The maximum Gasteiger partial charge on any atom is 0.303 e. The third-order valence-corrected chi connectivity index (χ3v) is 9.20. The lowest BCUT2D eigenvalue weighted by atomic mass is 9.50. The maximum absolute atomic E-state index is 13.3. The first-order chi connectivity index (χ1) is 13.5. The third kappa shape index (κ3) is 2.99. The number of carbonyl (C=O) groups excluding carboxylic acids is 3. The molecule has 0 bridgehead atoms. The van der Waals surface area contributed by atoms with Gasteiger partial charge in [0.1, 0.15) is 3.74 Å². The minimum atomic E-state index is -1.11. The van der Waals surface area contributed by atoms with Crippen LogP contribution in [0.2, 0.25) is 0 Å². The number of fused-ring (bicyclic) bond motifs is 5. The molecule has 0 aromatic carbocycles. The van der Waals surface area contributed by atoms with Gasteiger partial charge < -0.3 is 4.74 Å². The van der Waals surface area contributed by atoms with Gasteiger partial charge in [0.15, 0.2) is 11.4 Å². The van der Waals surface area contributed by atoms with Gasteiger partial charge in [-0.3, -0.25) is 14.4 Å². The van der Waals surface area contributed by atoms with E-state index < -0.39 is 20.7 Å². The van der Waals surface area contributed by atoms with Crippen LogP contribution in [0, 0.1) is 22.7 Å². The molecule has 6 heteroatoms. The van der Waals surface area contributed by atoms with E-state index in [-0.39, 0.29) is 17.0 Å². The minimum absolute atomic E-state index is 0.0395. The Bertz CT molecular complexity index is 844. The molecule has 5 atom stereocenters. The standard InChI is InChI=1S/C23H28Br2O4/c1-13(26)29-23(19(28)20(24)25)11-8-18-16-5-4-14-12-15(27)6-9-21(14,2)17(16)7-10-22(18,23)3/h7,12,16,18,20H,4-6,8-11H2,1-3H3/t16-,18+,21+,22+,23+/m1/s1. The number of hydrogen-bond acceptors (Lipinski definition) is 4. The average Bonchev–Trinajstić information content (AvgIpc) is 2.94. The van der Waals surface area contributed by atoms with Gasteiger partial charge in [-0.1, -0.05) is 62.9 Å². The predicted octanol–water partition coefficient (Wildman–Crippen LogP) is 5.43. The summed E-state index contributed by atoms with van der Waals surface area (Å²) in [6.45, 7) is 5.82. The van der Waals surface area contributed by atoms with Crippen LogP contribution < -0.4 is 0 Å². The summed E-state index contributed by atoms with van der Waals surface area (Å²) in [5.74, 6) is 0.417. The van der Waals surface area contributed by atoms with Crippen molar-refractivity contribution in [2.24, 2.45) is 22.7 Å². The molecule has 0 saturated heterocycles. The van der Waals surface area contributed by atoms with E-state index in [1.54, 1.807) is 0 Å². The molecule has 0 aromatic rings. The number of alkyl halides is 2. The number of ether oxygens (including phenoxy) is 1. The minimum Gasteiger partial charge on any atom is -0.451 e. The van der Waals surface area contributed by atoms with E-state index in [2.05, 4.69) is 51.8 Å². The fraction of sp³-hybridized carbons (Fsp3) is 0.696. The van der Waals surface area contributed by atoms with Crippen LogP contribution in [0.4, 0.5) is 0 Å². The molecule has 0 amide bonds. The summed E-state index contributed by atoms with van der Waals surface area (Å²) in [6, 6.07) is 0. The van der Waals surface area contributed by atoms with Crippen molar-refractivity contribution in [1.29, 1.82) is 0 Å². The van der Waals surface area contributed by atoms with E-state index in [1.807, 2.05) is 6.08 Å². The Morgan fingerprint density at radius 2 is 1.90 bits per heavy atom. The molecule has 4 nitrogen and oxygen atoms in total. The van der Waals surface area contributed by atoms with Crippen molar-refractivity contribution in [3.63, 3.8) is 0 Å². The van der Waals surface area contributed by atoms with Crippen LogP contribution in [-0.2, 0) is 19.1 Å². The van der Waals surface area contributed by atoms with Crippen LogP contribution in [-0.4, -0.2) is 26.9 Å². The first-order valence-electron chi connectivity index (χ1n) is 10.5. The highest BCUT2D eigenvalue weighted by Gasteiger charge is 2.67. The average molecular weight is 528 g/mol. The van der Waals surface area contributed by atoms with Crippen molar-refractivity contribution >= 4 is 49.4 Å². The van der Waals surface area contributed by atoms with Crippen LogP contribution in [0.15, 0.2) is 23.3 Å². The van der Waals surface area contributed by atoms with Crippen molar-refractivity contribution in [1.82, 2.24) is 0 Å². The third-order valence-electron chi connectivity index (χ3n) is 8.37. The van der Waals surface area contributed by atoms with E-state index in [4.69, 9.17) is 4.74 Å². The molecule has 0 N–H and O–H groups in total. The Morgan fingerprint density at radius 3 is 2.55 bits per heavy atom. The van der Waals surface area contributed by atoms with Crippen molar-refractivity contribution in [3.05, 3.63) is 23.3 Å². The van der Waals surface area contributed by atoms with Gasteiger partial charge in [-0.25, -0.2) is 0 Å². The summed E-state index contributed by atoms with van der Waals surface area (Å²) in [7, 11) is 0. The van der Waals surface area contributed by atoms with Gasteiger partial charge in [-0.15, -0.1) is 0 Å². The zero-order valence-electron chi connectivity index (χ0n) is 17.2. The molecule has 4 aliphatic carbocycles. The lowest BCUT2D eigenvalue weighted by Crippen LogP contribution is -2.58. The first kappa shape index (κ1) is 21.5. The number of rotatable bonds is 3. The van der Waals surface area contributed by atoms with Gasteiger partial charge in [0.05, 0.1) is 0 Å². The van der Waals surface area contributed by atoms with Gasteiger partial charge in [-0.2, -0.15) is 0 Å². The monoisotopic (exact) mass is 526 g/mol. The Labute approximate surface area is 189 Å². The van der Waals surface area contributed by atoms with Crippen molar-refractivity contribution in [2.45, 2.75) is 75.1 Å². The van der Waals surface area contributed by atoms with Crippen LogP contribution in [0.3, 0.4) is 0 Å². The Balaban J connectivity index is 1.78. The molecule has 29 heavy (non-hydrogen) atoms. The van der Waals surface area contributed by atoms with Gasteiger partial charge in [0.2, 0.25) is 5.78 Å². The second-order valence-electron chi connectivity index (χ2n) is 9.62. The normalized spacial score (nSPS) is 41.1. The second kappa shape index (κ2) is 7.15. The van der Waals surface area contributed by atoms with Crippen molar-refractivity contribution < 1.29 is 19.1 Å². The summed E-state index contributed by atoms with van der Waals surface area (Å²) in [4.78, 5) is 37.3. The zero-order chi connectivity index (χ0) is 21.2. The van der Waals surface area contributed by atoms with E-state index in [9.17, 15) is 14.4 Å². The molecule has 158 valence electrons. The molecule has 2 fully saturated rings. The number of halogens is 2. The van der Waals surface area contributed by atoms with Gasteiger partial charge in [-0.05, 0) is 56.4 Å². The highest BCUT2D eigenvalue weighted by Crippen LogP contribution is 2.66. The van der Waals surface area contributed by atoms with E-state index in [0.29, 0.717) is 31.1 Å². The molecular formula is C23H28Br2O4. The van der Waals surface area contributed by atoms with Gasteiger partial charge >= 0.3 is 5.97 Å². The topological polar surface area (TPSA) is 60.4 Å². The van der Waals surface area contributed by atoms with Crippen LogP contribution in [0.25, 0.3) is 0 Å². The molecule has 0 aliphatic heterocycles. The summed E-state index contributed by atoms with van der Waals surface area (Å²) < 4.78 is 5.34. The highest BCUT2D eigenvalue weighted by atomic mass is 79.9. The van der Waals surface area contributed by atoms with Gasteiger partial charge in [0.25, 0.3) is 0 Å². The fourth-order valence-electron chi connectivity index (χ4n) is 6.90.